The van der Waals surface area contributed by atoms with Crippen LogP contribution in [-0.4, -0.2) is 33.0 Å². The zero-order valence-electron chi connectivity index (χ0n) is 17.8. The highest BCUT2D eigenvalue weighted by Gasteiger charge is 2.18. The third-order valence-corrected chi connectivity index (χ3v) is 7.08. The van der Waals surface area contributed by atoms with Crippen LogP contribution in [-0.2, 0) is 27.3 Å². The van der Waals surface area contributed by atoms with E-state index in [4.69, 9.17) is 4.74 Å². The number of ether oxygens (including phenoxy) is 1. The zero-order chi connectivity index (χ0) is 23.5. The third kappa shape index (κ3) is 5.21. The van der Waals surface area contributed by atoms with E-state index < -0.39 is 5.91 Å². The predicted molar refractivity (Wildman–Crippen MR) is 133 cm³/mol. The number of aryl methyl sites for hydroxylation is 1. The van der Waals surface area contributed by atoms with E-state index >= 15 is 0 Å². The summed E-state index contributed by atoms with van der Waals surface area (Å²) in [4.78, 5) is 47.7. The first kappa shape index (κ1) is 23.3. The molecule has 1 aromatic carbocycles. The van der Waals surface area contributed by atoms with E-state index in [0.717, 1.165) is 20.5 Å². The molecule has 0 saturated carbocycles. The number of anilines is 1. The van der Waals surface area contributed by atoms with E-state index in [2.05, 4.69) is 31.2 Å². The number of thiazole rings is 1. The van der Waals surface area contributed by atoms with Gasteiger partial charge < -0.3 is 10.1 Å². The summed E-state index contributed by atoms with van der Waals surface area (Å²) in [7, 11) is 0. The van der Waals surface area contributed by atoms with Crippen molar-refractivity contribution >= 4 is 65.8 Å². The summed E-state index contributed by atoms with van der Waals surface area (Å²) >= 11 is 6.08. The monoisotopic (exact) mass is 546 g/mol. The van der Waals surface area contributed by atoms with Gasteiger partial charge in [-0.25, -0.2) is 9.97 Å². The third-order valence-electron chi connectivity index (χ3n) is 4.73. The van der Waals surface area contributed by atoms with Crippen LogP contribution in [0.25, 0.3) is 21.3 Å². The number of carbonyl (C=O) groups excluding carboxylic acids is 2. The van der Waals surface area contributed by atoms with Gasteiger partial charge in [-0.05, 0) is 31.5 Å². The Morgan fingerprint density at radius 1 is 1.24 bits per heavy atom. The van der Waals surface area contributed by atoms with Gasteiger partial charge >= 0.3 is 5.97 Å². The molecule has 0 aliphatic carbocycles. The number of fused-ring (bicyclic) bond motifs is 1. The molecule has 0 radical (unpaired) electrons. The first-order valence-electron chi connectivity index (χ1n) is 10.00. The van der Waals surface area contributed by atoms with Crippen molar-refractivity contribution in [2.45, 2.75) is 26.8 Å². The first-order valence-corrected chi connectivity index (χ1v) is 12.5. The molecule has 8 nitrogen and oxygen atoms in total. The molecule has 0 unspecified atom stereocenters. The Bertz CT molecular complexity index is 1390. The lowest BCUT2D eigenvalue weighted by molar-refractivity contribution is -0.142. The molecule has 11 heteroatoms. The molecular weight excluding hydrogens is 528 g/mol. The number of benzene rings is 1. The highest BCUT2D eigenvalue weighted by Crippen LogP contribution is 2.35. The van der Waals surface area contributed by atoms with E-state index in [1.54, 1.807) is 12.3 Å². The number of amides is 1. The van der Waals surface area contributed by atoms with Crippen LogP contribution >= 0.6 is 38.6 Å². The maximum atomic E-state index is 13.3. The second-order valence-electron chi connectivity index (χ2n) is 7.07. The number of halogens is 1. The molecule has 4 rings (SSSR count). The standard InChI is InChI=1S/C22H19BrN4O4S2/c1-3-31-17(29)8-15-10-32-22(25-15)26-16(28)9-27-11-24-20-19(21(27)30)18(12(2)33-20)13-4-6-14(23)7-5-13/h4-7,10-11H,3,8-9H2,1-2H3,(H,25,26,28). The molecule has 0 aliphatic rings. The largest absolute Gasteiger partial charge is 0.466 e. The minimum Gasteiger partial charge on any atom is -0.466 e. The molecular formula is C22H19BrN4O4S2. The van der Waals surface area contributed by atoms with E-state index in [0.29, 0.717) is 27.6 Å². The van der Waals surface area contributed by atoms with Crippen molar-refractivity contribution in [3.63, 3.8) is 0 Å². The number of rotatable bonds is 7. The highest BCUT2D eigenvalue weighted by atomic mass is 79.9. The normalized spacial score (nSPS) is 11.0. The van der Waals surface area contributed by atoms with Crippen LogP contribution in [0.5, 0.6) is 0 Å². The second-order valence-corrected chi connectivity index (χ2v) is 10.0. The molecule has 0 spiro atoms. The molecule has 3 aromatic heterocycles. The molecule has 1 N–H and O–H groups in total. The number of hydrogen-bond donors (Lipinski definition) is 1. The Morgan fingerprint density at radius 3 is 2.73 bits per heavy atom. The van der Waals surface area contributed by atoms with Gasteiger partial charge in [-0.3, -0.25) is 19.0 Å². The number of hydrogen-bond acceptors (Lipinski definition) is 8. The Balaban J connectivity index is 1.55. The molecule has 1 amide bonds. The number of thiophene rings is 1. The molecule has 3 heterocycles. The van der Waals surface area contributed by atoms with Crippen molar-refractivity contribution < 1.29 is 14.3 Å². The zero-order valence-corrected chi connectivity index (χ0v) is 21.0. The van der Waals surface area contributed by atoms with Gasteiger partial charge in [0.05, 0.1) is 30.4 Å². The van der Waals surface area contributed by atoms with Crippen molar-refractivity contribution in [3.8, 4) is 11.1 Å². The van der Waals surface area contributed by atoms with Crippen molar-refractivity contribution in [2.75, 3.05) is 11.9 Å². The predicted octanol–water partition coefficient (Wildman–Crippen LogP) is 4.40. The van der Waals surface area contributed by atoms with Crippen LogP contribution in [0.15, 0.2) is 45.2 Å². The lowest BCUT2D eigenvalue weighted by Gasteiger charge is -2.07. The van der Waals surface area contributed by atoms with Crippen LogP contribution in [0.1, 0.15) is 17.5 Å². The van der Waals surface area contributed by atoms with Gasteiger partial charge in [-0.2, -0.15) is 0 Å². The van der Waals surface area contributed by atoms with Crippen molar-refractivity contribution in [2.24, 2.45) is 0 Å². The van der Waals surface area contributed by atoms with Gasteiger partial charge in [0.15, 0.2) is 5.13 Å². The van der Waals surface area contributed by atoms with Gasteiger partial charge in [0, 0.05) is 20.3 Å². The Morgan fingerprint density at radius 2 is 2.00 bits per heavy atom. The van der Waals surface area contributed by atoms with Gasteiger partial charge in [0.2, 0.25) is 5.91 Å². The quantitative estimate of drug-likeness (QED) is 0.344. The SMILES string of the molecule is CCOC(=O)Cc1csc(NC(=O)Cn2cnc3sc(C)c(-c4ccc(Br)cc4)c3c2=O)n1. The molecule has 0 fully saturated rings. The summed E-state index contributed by atoms with van der Waals surface area (Å²) in [6.45, 7) is 3.78. The van der Waals surface area contributed by atoms with Crippen LogP contribution in [0.4, 0.5) is 5.13 Å². The lowest BCUT2D eigenvalue weighted by atomic mass is 10.0. The molecule has 0 atom stereocenters. The van der Waals surface area contributed by atoms with Crippen molar-refractivity contribution in [1.29, 1.82) is 0 Å². The van der Waals surface area contributed by atoms with Crippen molar-refractivity contribution in [1.82, 2.24) is 14.5 Å². The maximum absolute atomic E-state index is 13.3. The number of nitrogens with zero attached hydrogens (tertiary/aromatic N) is 3. The minimum absolute atomic E-state index is 0.0383. The fourth-order valence-electron chi connectivity index (χ4n) is 3.33. The fourth-order valence-corrected chi connectivity index (χ4v) is 5.33. The van der Waals surface area contributed by atoms with E-state index in [9.17, 15) is 14.4 Å². The van der Waals surface area contributed by atoms with E-state index in [1.807, 2.05) is 31.2 Å². The fraction of sp³-hybridized carbons (Fsp3) is 0.227. The van der Waals surface area contributed by atoms with Gasteiger partial charge in [0.1, 0.15) is 11.4 Å². The average Bonchev–Trinajstić information content (AvgIpc) is 3.34. The summed E-state index contributed by atoms with van der Waals surface area (Å²) in [5.74, 6) is -0.785. The lowest BCUT2D eigenvalue weighted by Crippen LogP contribution is -2.27. The topological polar surface area (TPSA) is 103 Å². The number of aromatic nitrogens is 3. The van der Waals surface area contributed by atoms with Gasteiger partial charge in [-0.1, -0.05) is 28.1 Å². The molecule has 0 bridgehead atoms. The molecule has 0 aliphatic heterocycles. The second kappa shape index (κ2) is 9.94. The van der Waals surface area contributed by atoms with E-state index in [-0.39, 0.29) is 24.5 Å². The maximum Gasteiger partial charge on any atom is 0.311 e. The van der Waals surface area contributed by atoms with Crippen LogP contribution in [0, 0.1) is 6.92 Å². The summed E-state index contributed by atoms with van der Waals surface area (Å²) in [6.07, 6.45) is 1.43. The van der Waals surface area contributed by atoms with Gasteiger partial charge in [-0.15, -0.1) is 22.7 Å². The Kier molecular flexibility index (Phi) is 7.01. The van der Waals surface area contributed by atoms with Crippen LogP contribution < -0.4 is 10.9 Å². The summed E-state index contributed by atoms with van der Waals surface area (Å²) in [6, 6.07) is 7.73. The first-order chi connectivity index (χ1) is 15.9. The number of carbonyl (C=O) groups is 2. The minimum atomic E-state index is -0.410. The Labute approximate surface area is 205 Å². The van der Waals surface area contributed by atoms with Crippen molar-refractivity contribution in [3.05, 3.63) is 61.4 Å². The molecule has 0 saturated heterocycles. The molecule has 33 heavy (non-hydrogen) atoms. The molecule has 170 valence electrons. The Hall–Kier alpha value is -2.89. The highest BCUT2D eigenvalue weighted by molar-refractivity contribution is 9.10. The smallest absolute Gasteiger partial charge is 0.311 e. The van der Waals surface area contributed by atoms with Gasteiger partial charge in [0.25, 0.3) is 5.56 Å². The van der Waals surface area contributed by atoms with Crippen LogP contribution in [0.3, 0.4) is 0 Å². The van der Waals surface area contributed by atoms with E-state index in [1.165, 1.54) is 33.6 Å². The van der Waals surface area contributed by atoms with Crippen LogP contribution in [0.2, 0.25) is 0 Å². The summed E-state index contributed by atoms with van der Waals surface area (Å²) in [5.41, 5.74) is 1.99. The summed E-state index contributed by atoms with van der Waals surface area (Å²) in [5, 5.41) is 5.21. The number of nitrogens with one attached hydrogen (secondary N) is 1. The summed E-state index contributed by atoms with van der Waals surface area (Å²) < 4.78 is 7.14. The molecule has 4 aromatic rings. The average molecular weight is 547 g/mol. The number of esters is 1.